The second-order valence-electron chi connectivity index (χ2n) is 7.48. The fraction of sp³-hybridized carbons (Fsp3) is 0.304. The van der Waals surface area contributed by atoms with Crippen molar-refractivity contribution in [1.82, 2.24) is 10.6 Å². The van der Waals surface area contributed by atoms with Gasteiger partial charge in [0.25, 0.3) is 0 Å². The van der Waals surface area contributed by atoms with Gasteiger partial charge in [-0.05, 0) is 37.0 Å². The van der Waals surface area contributed by atoms with Crippen LogP contribution in [0.15, 0.2) is 53.7 Å². The van der Waals surface area contributed by atoms with Gasteiger partial charge in [-0.2, -0.15) is 0 Å². The van der Waals surface area contributed by atoms with Crippen LogP contribution in [0.3, 0.4) is 0 Å². The largest absolute Gasteiger partial charge is 0.463 e. The van der Waals surface area contributed by atoms with Gasteiger partial charge in [0.15, 0.2) is 0 Å². The van der Waals surface area contributed by atoms with Gasteiger partial charge >= 0.3 is 12.0 Å². The molecule has 0 spiro atoms. The second kappa shape index (κ2) is 8.75. The van der Waals surface area contributed by atoms with E-state index in [9.17, 15) is 18.4 Å². The zero-order valence-electron chi connectivity index (χ0n) is 17.1. The predicted octanol–water partition coefficient (Wildman–Crippen LogP) is 3.59. The number of fused-ring (bicyclic) bond motifs is 1. The lowest BCUT2D eigenvalue weighted by atomic mass is 9.94. The van der Waals surface area contributed by atoms with Gasteiger partial charge in [0.1, 0.15) is 11.6 Å². The summed E-state index contributed by atoms with van der Waals surface area (Å²) in [7, 11) is 0. The predicted molar refractivity (Wildman–Crippen MR) is 111 cm³/mol. The first-order valence-corrected chi connectivity index (χ1v) is 10.2. The summed E-state index contributed by atoms with van der Waals surface area (Å²) in [5, 5.41) is 5.48. The van der Waals surface area contributed by atoms with Crippen molar-refractivity contribution < 1.29 is 23.1 Å². The van der Waals surface area contributed by atoms with E-state index < -0.39 is 29.7 Å². The number of benzene rings is 2. The Kier molecular flexibility index (Phi) is 5.88. The number of urea groups is 1. The molecule has 2 amide bonds. The lowest BCUT2D eigenvalue weighted by Crippen LogP contribution is -2.49. The van der Waals surface area contributed by atoms with Crippen LogP contribution in [-0.2, 0) is 16.0 Å². The monoisotopic (exact) mass is 427 g/mol. The lowest BCUT2D eigenvalue weighted by Gasteiger charge is -2.35. The van der Waals surface area contributed by atoms with E-state index in [0.29, 0.717) is 36.3 Å². The van der Waals surface area contributed by atoms with Gasteiger partial charge in [0.05, 0.1) is 36.2 Å². The van der Waals surface area contributed by atoms with Crippen molar-refractivity contribution >= 4 is 17.7 Å². The third kappa shape index (κ3) is 4.23. The summed E-state index contributed by atoms with van der Waals surface area (Å²) in [5.41, 5.74) is 2.20. The van der Waals surface area contributed by atoms with Crippen molar-refractivity contribution in [2.24, 2.45) is 0 Å². The highest BCUT2D eigenvalue weighted by molar-refractivity contribution is 5.95. The number of esters is 1. The first-order valence-electron chi connectivity index (χ1n) is 10.2. The highest BCUT2D eigenvalue weighted by Gasteiger charge is 2.35. The number of amides is 2. The highest BCUT2D eigenvalue weighted by atomic mass is 19.1. The van der Waals surface area contributed by atoms with Gasteiger partial charge in [-0.15, -0.1) is 0 Å². The minimum absolute atomic E-state index is 0.0838. The van der Waals surface area contributed by atoms with Gasteiger partial charge in [0, 0.05) is 12.6 Å². The van der Waals surface area contributed by atoms with Gasteiger partial charge in [-0.3, -0.25) is 0 Å². The Morgan fingerprint density at radius 2 is 2.00 bits per heavy atom. The first kappa shape index (κ1) is 20.8. The average Bonchev–Trinajstić information content (AvgIpc) is 2.73. The zero-order chi connectivity index (χ0) is 22.0. The maximum absolute atomic E-state index is 14.6. The van der Waals surface area contributed by atoms with E-state index in [0.717, 1.165) is 11.6 Å². The molecule has 2 aliphatic rings. The molecule has 31 heavy (non-hydrogen) atoms. The standard InChI is InChI=1S/C23H23F2N3O3/c1-2-31-22(29)19-18(26-23(30)27-20(19)14-7-4-3-5-8-14)13-28-10-6-9-15-11-16(24)12-17(25)21(15)28/h3-5,7-8,11-12,20H,2,6,9-10,13H2,1H3,(H2,26,27,30)/t20-/m0/s1. The van der Waals surface area contributed by atoms with Crippen LogP contribution in [0.1, 0.15) is 30.5 Å². The number of halogens is 2. The fourth-order valence-corrected chi connectivity index (χ4v) is 4.17. The molecule has 8 heteroatoms. The molecule has 0 fully saturated rings. The van der Waals surface area contributed by atoms with Crippen molar-refractivity contribution in [2.75, 3.05) is 24.6 Å². The zero-order valence-corrected chi connectivity index (χ0v) is 17.1. The van der Waals surface area contributed by atoms with Crippen LogP contribution in [-0.4, -0.2) is 31.7 Å². The molecular formula is C23H23F2N3O3. The van der Waals surface area contributed by atoms with Crippen LogP contribution in [0.4, 0.5) is 19.3 Å². The molecule has 0 aromatic heterocycles. The summed E-state index contributed by atoms with van der Waals surface area (Å²) in [6.45, 7) is 2.47. The topological polar surface area (TPSA) is 70.7 Å². The molecule has 6 nitrogen and oxygen atoms in total. The molecule has 0 saturated carbocycles. The molecule has 1 atom stereocenters. The third-order valence-electron chi connectivity index (χ3n) is 5.43. The van der Waals surface area contributed by atoms with Crippen molar-refractivity contribution in [2.45, 2.75) is 25.8 Å². The van der Waals surface area contributed by atoms with E-state index in [-0.39, 0.29) is 18.7 Å². The molecule has 2 aromatic rings. The number of rotatable bonds is 5. The van der Waals surface area contributed by atoms with E-state index in [1.807, 2.05) is 30.3 Å². The van der Waals surface area contributed by atoms with E-state index in [2.05, 4.69) is 10.6 Å². The van der Waals surface area contributed by atoms with Crippen LogP contribution >= 0.6 is 0 Å². The summed E-state index contributed by atoms with van der Waals surface area (Å²) < 4.78 is 33.6. The van der Waals surface area contributed by atoms with Crippen molar-refractivity contribution in [1.29, 1.82) is 0 Å². The molecule has 0 unspecified atom stereocenters. The number of nitrogens with zero attached hydrogens (tertiary/aromatic N) is 1. The highest BCUT2D eigenvalue weighted by Crippen LogP contribution is 2.33. The molecule has 0 aliphatic carbocycles. The SMILES string of the molecule is CCOC(=O)C1=C(CN2CCCc3cc(F)cc(F)c32)NC(=O)N[C@H]1c1ccccc1. The van der Waals surface area contributed by atoms with Crippen LogP contribution in [0.25, 0.3) is 0 Å². The van der Waals surface area contributed by atoms with Crippen LogP contribution < -0.4 is 15.5 Å². The van der Waals surface area contributed by atoms with Crippen molar-refractivity contribution in [3.8, 4) is 0 Å². The molecule has 0 bridgehead atoms. The maximum atomic E-state index is 14.6. The summed E-state index contributed by atoms with van der Waals surface area (Å²) in [6.07, 6.45) is 1.26. The van der Waals surface area contributed by atoms with Gasteiger partial charge in [0.2, 0.25) is 0 Å². The average molecular weight is 427 g/mol. The van der Waals surface area contributed by atoms with E-state index >= 15 is 0 Å². The Labute approximate surface area is 178 Å². The number of anilines is 1. The minimum atomic E-state index is -0.702. The summed E-state index contributed by atoms with van der Waals surface area (Å²) in [5.74, 6) is -1.84. The number of hydrogen-bond acceptors (Lipinski definition) is 4. The summed E-state index contributed by atoms with van der Waals surface area (Å²) >= 11 is 0. The molecule has 162 valence electrons. The quantitative estimate of drug-likeness (QED) is 0.716. The van der Waals surface area contributed by atoms with E-state index in [4.69, 9.17) is 4.74 Å². The van der Waals surface area contributed by atoms with Crippen LogP contribution in [0.5, 0.6) is 0 Å². The normalized spacial score (nSPS) is 18.2. The molecule has 4 rings (SSSR count). The molecular weight excluding hydrogens is 404 g/mol. The minimum Gasteiger partial charge on any atom is -0.463 e. The molecule has 2 heterocycles. The molecule has 2 aromatic carbocycles. The Hall–Kier alpha value is -3.42. The van der Waals surface area contributed by atoms with E-state index in [1.165, 1.54) is 6.07 Å². The Morgan fingerprint density at radius 1 is 1.23 bits per heavy atom. The van der Waals surface area contributed by atoms with E-state index in [1.54, 1.807) is 11.8 Å². The lowest BCUT2D eigenvalue weighted by molar-refractivity contribution is -0.139. The number of ether oxygens (including phenoxy) is 1. The number of nitrogens with one attached hydrogen (secondary N) is 2. The van der Waals surface area contributed by atoms with Gasteiger partial charge in [-0.25, -0.2) is 18.4 Å². The smallest absolute Gasteiger partial charge is 0.338 e. The van der Waals surface area contributed by atoms with Crippen LogP contribution in [0, 0.1) is 11.6 Å². The van der Waals surface area contributed by atoms with Crippen LogP contribution in [0.2, 0.25) is 0 Å². The maximum Gasteiger partial charge on any atom is 0.338 e. The van der Waals surface area contributed by atoms with Gasteiger partial charge in [-0.1, -0.05) is 30.3 Å². The second-order valence-corrected chi connectivity index (χ2v) is 7.48. The third-order valence-corrected chi connectivity index (χ3v) is 5.43. The number of carbonyl (C=O) groups is 2. The molecule has 2 N–H and O–H groups in total. The molecule has 0 radical (unpaired) electrons. The molecule has 2 aliphatic heterocycles. The Balaban J connectivity index is 1.77. The summed E-state index contributed by atoms with van der Waals surface area (Å²) in [4.78, 5) is 27.0. The fourth-order valence-electron chi connectivity index (χ4n) is 4.17. The number of aryl methyl sites for hydroxylation is 1. The summed E-state index contributed by atoms with van der Waals surface area (Å²) in [6, 6.07) is 10.1. The Morgan fingerprint density at radius 3 is 2.74 bits per heavy atom. The number of carbonyl (C=O) groups excluding carboxylic acids is 2. The Bertz CT molecular complexity index is 1040. The molecule has 0 saturated heterocycles. The number of hydrogen-bond donors (Lipinski definition) is 2. The van der Waals surface area contributed by atoms with Gasteiger partial charge < -0.3 is 20.3 Å². The first-order chi connectivity index (χ1) is 15.0. The van der Waals surface area contributed by atoms with Crippen molar-refractivity contribution in [3.05, 3.63) is 76.5 Å². The van der Waals surface area contributed by atoms with Crippen molar-refractivity contribution in [3.63, 3.8) is 0 Å².